The molecule has 0 radical (unpaired) electrons. The van der Waals surface area contributed by atoms with Crippen LogP contribution in [0.25, 0.3) is 0 Å². The first kappa shape index (κ1) is 13.1. The molecule has 0 aromatic heterocycles. The molecule has 8 heteroatoms. The Hall–Kier alpha value is -2.35. The van der Waals surface area contributed by atoms with E-state index in [2.05, 4.69) is 5.10 Å². The van der Waals surface area contributed by atoms with Crippen molar-refractivity contribution in [2.24, 2.45) is 10.8 Å². The molecule has 0 unspecified atom stereocenters. The number of nitro benzene ring substituents is 1. The second kappa shape index (κ2) is 5.11. The first-order valence-electron chi connectivity index (χ1n) is 5.43. The number of benzene rings is 1. The van der Waals surface area contributed by atoms with E-state index in [-0.39, 0.29) is 23.1 Å². The van der Waals surface area contributed by atoms with Crippen molar-refractivity contribution in [2.45, 2.75) is 12.8 Å². The molecule has 1 aromatic carbocycles. The smallest absolute Gasteiger partial charge is 0.270 e. The lowest BCUT2D eigenvalue weighted by Crippen LogP contribution is -2.40. The van der Waals surface area contributed by atoms with Gasteiger partial charge < -0.3 is 5.73 Å². The number of amides is 1. The number of thiocarbonyl (C=S) groups is 1. The van der Waals surface area contributed by atoms with Crippen LogP contribution in [0.1, 0.15) is 18.4 Å². The highest BCUT2D eigenvalue weighted by Gasteiger charge is 2.23. The van der Waals surface area contributed by atoms with Crippen molar-refractivity contribution in [3.63, 3.8) is 0 Å². The summed E-state index contributed by atoms with van der Waals surface area (Å²) in [5.74, 6) is -0.276. The Balaban J connectivity index is 2.38. The minimum Gasteiger partial charge on any atom is -0.374 e. The van der Waals surface area contributed by atoms with Gasteiger partial charge in [0.05, 0.1) is 10.6 Å². The fourth-order valence-corrected chi connectivity index (χ4v) is 1.87. The summed E-state index contributed by atoms with van der Waals surface area (Å²) in [6.07, 6.45) is 0.623. The number of hydrogen-bond donors (Lipinski definition) is 1. The van der Waals surface area contributed by atoms with Crippen LogP contribution in [0.15, 0.2) is 29.4 Å². The Morgan fingerprint density at radius 1 is 1.47 bits per heavy atom. The van der Waals surface area contributed by atoms with E-state index in [4.69, 9.17) is 18.0 Å². The van der Waals surface area contributed by atoms with E-state index in [1.54, 1.807) is 12.1 Å². The van der Waals surface area contributed by atoms with Crippen LogP contribution in [0.3, 0.4) is 0 Å². The minimum absolute atomic E-state index is 0.0287. The Morgan fingerprint density at radius 3 is 2.84 bits per heavy atom. The molecule has 0 bridgehead atoms. The number of carbonyl (C=O) groups is 1. The van der Waals surface area contributed by atoms with E-state index >= 15 is 0 Å². The number of nitrogens with zero attached hydrogens (tertiary/aromatic N) is 3. The number of carbonyl (C=O) groups excluding carboxylic acids is 1. The highest BCUT2D eigenvalue weighted by atomic mass is 32.1. The maximum absolute atomic E-state index is 11.5. The number of nitrogens with two attached hydrogens (primary N) is 1. The quantitative estimate of drug-likeness (QED) is 0.497. The van der Waals surface area contributed by atoms with Crippen LogP contribution in [0, 0.1) is 10.1 Å². The van der Waals surface area contributed by atoms with Crippen LogP contribution in [0.5, 0.6) is 0 Å². The third-order valence-electron chi connectivity index (χ3n) is 2.63. The van der Waals surface area contributed by atoms with Crippen molar-refractivity contribution in [1.82, 2.24) is 5.01 Å². The van der Waals surface area contributed by atoms with Gasteiger partial charge in [0.25, 0.3) is 5.69 Å². The van der Waals surface area contributed by atoms with E-state index in [1.807, 2.05) is 0 Å². The summed E-state index contributed by atoms with van der Waals surface area (Å²) in [6, 6.07) is 6.06. The highest BCUT2D eigenvalue weighted by Crippen LogP contribution is 2.19. The average Bonchev–Trinajstić information content (AvgIpc) is 2.39. The zero-order valence-electron chi connectivity index (χ0n) is 9.78. The molecule has 0 saturated heterocycles. The van der Waals surface area contributed by atoms with Crippen molar-refractivity contribution >= 4 is 34.6 Å². The van der Waals surface area contributed by atoms with E-state index in [0.717, 1.165) is 5.01 Å². The molecule has 19 heavy (non-hydrogen) atoms. The molecule has 0 atom stereocenters. The molecule has 0 aliphatic carbocycles. The molecule has 1 amide bonds. The lowest BCUT2D eigenvalue weighted by molar-refractivity contribution is -0.384. The third kappa shape index (κ3) is 2.74. The van der Waals surface area contributed by atoms with Gasteiger partial charge in [-0.1, -0.05) is 12.1 Å². The zero-order chi connectivity index (χ0) is 14.0. The molecule has 0 saturated carbocycles. The highest BCUT2D eigenvalue weighted by molar-refractivity contribution is 7.80. The molecular weight excluding hydrogens is 268 g/mol. The summed E-state index contributed by atoms with van der Waals surface area (Å²) < 4.78 is 0. The van der Waals surface area contributed by atoms with Gasteiger partial charge in [0.2, 0.25) is 5.91 Å². The van der Waals surface area contributed by atoms with Crippen LogP contribution < -0.4 is 5.73 Å². The Bertz CT molecular complexity index is 599. The number of hydrazone groups is 1. The summed E-state index contributed by atoms with van der Waals surface area (Å²) in [5, 5.41) is 15.6. The van der Waals surface area contributed by atoms with Crippen molar-refractivity contribution in [2.75, 3.05) is 0 Å². The van der Waals surface area contributed by atoms with Crippen LogP contribution in [-0.2, 0) is 4.79 Å². The molecule has 0 spiro atoms. The normalized spacial score (nSPS) is 15.1. The summed E-state index contributed by atoms with van der Waals surface area (Å²) in [4.78, 5) is 21.8. The maximum atomic E-state index is 11.5. The van der Waals surface area contributed by atoms with Gasteiger partial charge in [0.15, 0.2) is 5.11 Å². The van der Waals surface area contributed by atoms with Gasteiger partial charge in [-0.15, -0.1) is 0 Å². The Morgan fingerprint density at radius 2 is 2.21 bits per heavy atom. The second-order valence-corrected chi connectivity index (χ2v) is 4.32. The molecule has 2 N–H and O–H groups in total. The average molecular weight is 278 g/mol. The summed E-state index contributed by atoms with van der Waals surface area (Å²) in [6.45, 7) is 0. The maximum Gasteiger partial charge on any atom is 0.270 e. The first-order valence-corrected chi connectivity index (χ1v) is 5.84. The molecule has 98 valence electrons. The summed E-state index contributed by atoms with van der Waals surface area (Å²) in [5.41, 5.74) is 6.51. The third-order valence-corrected chi connectivity index (χ3v) is 2.80. The van der Waals surface area contributed by atoms with Crippen LogP contribution in [-0.4, -0.2) is 26.7 Å². The molecule has 1 heterocycles. The molecule has 1 aliphatic heterocycles. The van der Waals surface area contributed by atoms with Crippen LogP contribution in [0.2, 0.25) is 0 Å². The van der Waals surface area contributed by atoms with Gasteiger partial charge >= 0.3 is 0 Å². The van der Waals surface area contributed by atoms with Crippen molar-refractivity contribution in [3.05, 3.63) is 39.9 Å². The van der Waals surface area contributed by atoms with Crippen LogP contribution in [0.4, 0.5) is 5.69 Å². The minimum atomic E-state index is -0.483. The number of nitro groups is 1. The molecular formula is C11H10N4O3S. The molecule has 1 aliphatic rings. The molecule has 7 nitrogen and oxygen atoms in total. The van der Waals surface area contributed by atoms with Crippen molar-refractivity contribution < 1.29 is 9.72 Å². The first-order chi connectivity index (χ1) is 8.99. The van der Waals surface area contributed by atoms with E-state index in [9.17, 15) is 14.9 Å². The topological polar surface area (TPSA) is 102 Å². The second-order valence-electron chi connectivity index (χ2n) is 3.90. The predicted octanol–water partition coefficient (Wildman–Crippen LogP) is 1.16. The zero-order valence-corrected chi connectivity index (χ0v) is 10.6. The number of rotatable bonds is 2. The predicted molar refractivity (Wildman–Crippen MR) is 72.5 cm³/mol. The van der Waals surface area contributed by atoms with Gasteiger partial charge in [-0.2, -0.15) is 10.1 Å². The Kier molecular flexibility index (Phi) is 3.52. The largest absolute Gasteiger partial charge is 0.374 e. The number of non-ortho nitro benzene ring substituents is 1. The lowest BCUT2D eigenvalue weighted by atomic mass is 10.0. The van der Waals surface area contributed by atoms with Gasteiger partial charge in [-0.05, 0) is 12.2 Å². The number of hydrogen-bond acceptors (Lipinski definition) is 5. The molecule has 2 rings (SSSR count). The molecule has 1 aromatic rings. The monoisotopic (exact) mass is 278 g/mol. The SMILES string of the molecule is NC(=S)N1N=C(c2cccc([N+](=O)[O-])c2)CCC1=O. The van der Waals surface area contributed by atoms with E-state index < -0.39 is 4.92 Å². The lowest BCUT2D eigenvalue weighted by Gasteiger charge is -2.21. The van der Waals surface area contributed by atoms with Crippen LogP contribution >= 0.6 is 12.2 Å². The summed E-state index contributed by atoms with van der Waals surface area (Å²) in [7, 11) is 0. The van der Waals surface area contributed by atoms with Gasteiger partial charge in [0.1, 0.15) is 0 Å². The van der Waals surface area contributed by atoms with Crippen molar-refractivity contribution in [3.8, 4) is 0 Å². The van der Waals surface area contributed by atoms with Gasteiger partial charge in [0, 0.05) is 30.5 Å². The molecule has 0 fully saturated rings. The van der Waals surface area contributed by atoms with Crippen molar-refractivity contribution in [1.29, 1.82) is 0 Å². The van der Waals surface area contributed by atoms with E-state index in [1.165, 1.54) is 12.1 Å². The fraction of sp³-hybridized carbons (Fsp3) is 0.182. The standard InChI is InChI=1S/C11H10N4O3S/c12-11(19)14-10(16)5-4-9(13-14)7-2-1-3-8(6-7)15(17)18/h1-3,6H,4-5H2,(H2,12,19). The van der Waals surface area contributed by atoms with Gasteiger partial charge in [-0.25, -0.2) is 0 Å². The summed E-state index contributed by atoms with van der Waals surface area (Å²) >= 11 is 4.73. The fourth-order valence-electron chi connectivity index (χ4n) is 1.73. The van der Waals surface area contributed by atoms with Gasteiger partial charge in [-0.3, -0.25) is 14.9 Å². The van der Waals surface area contributed by atoms with E-state index in [0.29, 0.717) is 17.7 Å². The Labute approximate surface area is 113 Å².